The van der Waals surface area contributed by atoms with Crippen LogP contribution in [0.3, 0.4) is 0 Å². The predicted molar refractivity (Wildman–Crippen MR) is 89.6 cm³/mol. The maximum absolute atomic E-state index is 5.69. The van der Waals surface area contributed by atoms with E-state index >= 15 is 0 Å². The van der Waals surface area contributed by atoms with E-state index in [1.165, 1.54) is 16.7 Å². The van der Waals surface area contributed by atoms with Gasteiger partial charge in [0.25, 0.3) is 0 Å². The summed E-state index contributed by atoms with van der Waals surface area (Å²) in [6.45, 7) is 15.6. The highest BCUT2D eigenvalue weighted by atomic mass is 16.5. The zero-order valence-electron chi connectivity index (χ0n) is 14.4. The summed E-state index contributed by atoms with van der Waals surface area (Å²) in [4.78, 5) is 0. The lowest BCUT2D eigenvalue weighted by atomic mass is 9.81. The van der Waals surface area contributed by atoms with E-state index in [0.717, 1.165) is 12.2 Å². The van der Waals surface area contributed by atoms with Gasteiger partial charge in [-0.1, -0.05) is 59.8 Å². The highest BCUT2D eigenvalue weighted by molar-refractivity contribution is 5.62. The molecule has 1 nitrogen and oxygen atoms in total. The molecule has 0 unspecified atom stereocenters. The van der Waals surface area contributed by atoms with Crippen LogP contribution in [0.2, 0.25) is 0 Å². The molecule has 0 amide bonds. The van der Waals surface area contributed by atoms with Crippen molar-refractivity contribution in [2.45, 2.75) is 60.3 Å². The monoisotopic (exact) mass is 274 g/mol. The minimum absolute atomic E-state index is 0.148. The highest BCUT2D eigenvalue weighted by Crippen LogP contribution is 2.35. The molecule has 1 aromatic rings. The maximum atomic E-state index is 5.69. The van der Waals surface area contributed by atoms with Gasteiger partial charge < -0.3 is 4.74 Å². The van der Waals surface area contributed by atoms with Crippen LogP contribution in [0.15, 0.2) is 18.2 Å². The van der Waals surface area contributed by atoms with Crippen LogP contribution in [0, 0.1) is 5.41 Å². The van der Waals surface area contributed by atoms with Gasteiger partial charge in [-0.05, 0) is 41.4 Å². The van der Waals surface area contributed by atoms with E-state index in [1.54, 1.807) is 7.11 Å². The van der Waals surface area contributed by atoms with E-state index in [0.29, 0.717) is 0 Å². The first kappa shape index (κ1) is 16.8. The molecule has 0 aromatic heterocycles. The number of methoxy groups -OCH3 is 1. The van der Waals surface area contributed by atoms with Gasteiger partial charge in [0.2, 0.25) is 0 Å². The van der Waals surface area contributed by atoms with Crippen LogP contribution < -0.4 is 4.74 Å². The Morgan fingerprint density at radius 1 is 1.05 bits per heavy atom. The summed E-state index contributed by atoms with van der Waals surface area (Å²) in [7, 11) is 1.77. The molecule has 0 bridgehead atoms. The fourth-order valence-corrected chi connectivity index (χ4v) is 2.40. The molecule has 0 N–H and O–H groups in total. The van der Waals surface area contributed by atoms with E-state index < -0.39 is 0 Å². The van der Waals surface area contributed by atoms with Crippen LogP contribution in [0.4, 0.5) is 0 Å². The molecule has 0 atom stereocenters. The third kappa shape index (κ3) is 4.40. The smallest absolute Gasteiger partial charge is 0.129 e. The van der Waals surface area contributed by atoms with Crippen molar-refractivity contribution in [1.29, 1.82) is 0 Å². The Labute approximate surface area is 125 Å². The minimum Gasteiger partial charge on any atom is -0.496 e. The zero-order valence-corrected chi connectivity index (χ0v) is 14.4. The maximum Gasteiger partial charge on any atom is 0.129 e. The van der Waals surface area contributed by atoms with Gasteiger partial charge in [0, 0.05) is 5.56 Å². The standard InChI is InChI=1S/C19H30O/c1-9-10-14-11-16(19(5,6)7)12-15(17(14)20-8)13-18(2,3)4/h9-12H,13H2,1-8H3. The van der Waals surface area contributed by atoms with E-state index in [1.807, 2.05) is 6.92 Å². The molecule has 0 radical (unpaired) electrons. The van der Waals surface area contributed by atoms with Crippen molar-refractivity contribution in [1.82, 2.24) is 0 Å². The fraction of sp³-hybridized carbons (Fsp3) is 0.579. The van der Waals surface area contributed by atoms with Crippen molar-refractivity contribution in [2.75, 3.05) is 7.11 Å². The van der Waals surface area contributed by atoms with Gasteiger partial charge in [0.1, 0.15) is 5.75 Å². The first-order valence-corrected chi connectivity index (χ1v) is 7.42. The van der Waals surface area contributed by atoms with E-state index in [9.17, 15) is 0 Å². The van der Waals surface area contributed by atoms with Crippen molar-refractivity contribution in [3.05, 3.63) is 34.9 Å². The molecule has 1 rings (SSSR count). The van der Waals surface area contributed by atoms with Crippen molar-refractivity contribution in [3.63, 3.8) is 0 Å². The minimum atomic E-state index is 0.148. The van der Waals surface area contributed by atoms with Crippen LogP contribution in [0.5, 0.6) is 5.75 Å². The summed E-state index contributed by atoms with van der Waals surface area (Å²) >= 11 is 0. The SMILES string of the molecule is CC=Cc1cc(C(C)(C)C)cc(CC(C)(C)C)c1OC. The first-order chi connectivity index (χ1) is 9.08. The number of ether oxygens (including phenoxy) is 1. The van der Waals surface area contributed by atoms with Crippen LogP contribution in [0.1, 0.15) is 65.2 Å². The summed E-state index contributed by atoms with van der Waals surface area (Å²) in [6, 6.07) is 4.57. The van der Waals surface area contributed by atoms with Crippen LogP contribution in [-0.4, -0.2) is 7.11 Å². The molecule has 0 saturated carbocycles. The van der Waals surface area contributed by atoms with Gasteiger partial charge in [0.15, 0.2) is 0 Å². The van der Waals surface area contributed by atoms with Crippen LogP contribution >= 0.6 is 0 Å². The predicted octanol–water partition coefficient (Wildman–Crippen LogP) is 5.61. The van der Waals surface area contributed by atoms with Gasteiger partial charge in [-0.15, -0.1) is 0 Å². The second-order valence-corrected chi connectivity index (χ2v) is 7.75. The molecule has 0 heterocycles. The zero-order chi connectivity index (χ0) is 15.6. The Kier molecular flexibility index (Phi) is 5.07. The number of benzene rings is 1. The summed E-state index contributed by atoms with van der Waals surface area (Å²) in [5.74, 6) is 1.02. The van der Waals surface area contributed by atoms with Crippen LogP contribution in [-0.2, 0) is 11.8 Å². The van der Waals surface area contributed by atoms with Gasteiger partial charge >= 0.3 is 0 Å². The van der Waals surface area contributed by atoms with Crippen LogP contribution in [0.25, 0.3) is 6.08 Å². The lowest BCUT2D eigenvalue weighted by Gasteiger charge is -2.26. The average Bonchev–Trinajstić information content (AvgIpc) is 2.25. The molecule has 0 aliphatic carbocycles. The molecular formula is C19H30O. The number of allylic oxidation sites excluding steroid dienone is 1. The van der Waals surface area contributed by atoms with Crippen molar-refractivity contribution in [3.8, 4) is 5.75 Å². The molecule has 0 aliphatic heterocycles. The van der Waals surface area contributed by atoms with Crippen molar-refractivity contribution < 1.29 is 4.74 Å². The molecule has 0 spiro atoms. The summed E-state index contributed by atoms with van der Waals surface area (Å²) in [6.07, 6.45) is 5.23. The normalized spacial score (nSPS) is 13.0. The lowest BCUT2D eigenvalue weighted by molar-refractivity contribution is 0.377. The summed E-state index contributed by atoms with van der Waals surface area (Å²) < 4.78 is 5.69. The summed E-state index contributed by atoms with van der Waals surface area (Å²) in [5.41, 5.74) is 4.25. The molecular weight excluding hydrogens is 244 g/mol. The van der Waals surface area contributed by atoms with Gasteiger partial charge in [0.05, 0.1) is 7.11 Å². The molecule has 0 aliphatic rings. The Morgan fingerprint density at radius 3 is 2.05 bits per heavy atom. The molecule has 20 heavy (non-hydrogen) atoms. The van der Waals surface area contributed by atoms with Crippen molar-refractivity contribution in [2.24, 2.45) is 5.41 Å². The topological polar surface area (TPSA) is 9.23 Å². The molecule has 112 valence electrons. The number of hydrogen-bond donors (Lipinski definition) is 0. The highest BCUT2D eigenvalue weighted by Gasteiger charge is 2.21. The quantitative estimate of drug-likeness (QED) is 0.695. The lowest BCUT2D eigenvalue weighted by Crippen LogP contribution is -2.15. The van der Waals surface area contributed by atoms with Gasteiger partial charge in [-0.3, -0.25) is 0 Å². The van der Waals surface area contributed by atoms with Gasteiger partial charge in [-0.25, -0.2) is 0 Å². The largest absolute Gasteiger partial charge is 0.496 e. The molecule has 1 aromatic carbocycles. The van der Waals surface area contributed by atoms with E-state index in [4.69, 9.17) is 4.74 Å². The number of hydrogen-bond acceptors (Lipinski definition) is 1. The fourth-order valence-electron chi connectivity index (χ4n) is 2.40. The van der Waals surface area contributed by atoms with Crippen molar-refractivity contribution >= 4 is 6.08 Å². The first-order valence-electron chi connectivity index (χ1n) is 7.42. The average molecular weight is 274 g/mol. The second-order valence-electron chi connectivity index (χ2n) is 7.75. The van der Waals surface area contributed by atoms with E-state index in [-0.39, 0.29) is 10.8 Å². The number of rotatable bonds is 3. The molecule has 1 heteroatoms. The third-order valence-electron chi connectivity index (χ3n) is 3.33. The third-order valence-corrected chi connectivity index (χ3v) is 3.33. The molecule has 0 saturated heterocycles. The summed E-state index contributed by atoms with van der Waals surface area (Å²) in [5, 5.41) is 0. The Balaban J connectivity index is 3.49. The Hall–Kier alpha value is -1.24. The Morgan fingerprint density at radius 2 is 1.65 bits per heavy atom. The van der Waals surface area contributed by atoms with E-state index in [2.05, 4.69) is 65.8 Å². The van der Waals surface area contributed by atoms with Gasteiger partial charge in [-0.2, -0.15) is 0 Å². The Bertz CT molecular complexity index is 482. The molecule has 0 fully saturated rings. The second kappa shape index (κ2) is 6.03.